The molecule has 0 radical (unpaired) electrons. The van der Waals surface area contributed by atoms with Gasteiger partial charge in [-0.3, -0.25) is 9.48 Å². The number of ether oxygens (including phenoxy) is 1. The van der Waals surface area contributed by atoms with E-state index in [0.29, 0.717) is 30.8 Å². The van der Waals surface area contributed by atoms with Crippen LogP contribution in [0.3, 0.4) is 0 Å². The minimum atomic E-state index is -0.667. The van der Waals surface area contributed by atoms with Gasteiger partial charge in [-0.25, -0.2) is 4.39 Å². The van der Waals surface area contributed by atoms with Crippen LogP contribution in [-0.2, 0) is 18.9 Å². The minimum Gasteiger partial charge on any atom is -0.491 e. The molecule has 1 aromatic heterocycles. The van der Waals surface area contributed by atoms with Gasteiger partial charge in [-0.2, -0.15) is 5.10 Å². The van der Waals surface area contributed by atoms with E-state index in [-0.39, 0.29) is 23.7 Å². The second-order valence-electron chi connectivity index (χ2n) is 8.72. The quantitative estimate of drug-likeness (QED) is 0.616. The predicted octanol–water partition coefficient (Wildman–Crippen LogP) is 3.35. The molecule has 1 amide bonds. The Hall–Kier alpha value is -3.19. The molecule has 2 atom stereocenters. The molecule has 2 heterocycles. The Morgan fingerprint density at radius 3 is 2.56 bits per heavy atom. The largest absolute Gasteiger partial charge is 0.491 e. The summed E-state index contributed by atoms with van der Waals surface area (Å²) in [6.07, 6.45) is 2.42. The van der Waals surface area contributed by atoms with Gasteiger partial charge in [0.25, 0.3) is 5.91 Å². The molecule has 32 heavy (non-hydrogen) atoms. The van der Waals surface area contributed by atoms with Crippen molar-refractivity contribution in [1.29, 1.82) is 0 Å². The molecule has 168 valence electrons. The number of carbonyl (C=O) groups excluding carboxylic acids is 1. The van der Waals surface area contributed by atoms with E-state index in [0.717, 1.165) is 17.7 Å². The van der Waals surface area contributed by atoms with Crippen molar-refractivity contribution in [2.45, 2.75) is 31.3 Å². The van der Waals surface area contributed by atoms with Crippen LogP contribution in [0.25, 0.3) is 0 Å². The summed E-state index contributed by atoms with van der Waals surface area (Å²) >= 11 is 0. The van der Waals surface area contributed by atoms with Crippen molar-refractivity contribution >= 4 is 5.91 Å². The summed E-state index contributed by atoms with van der Waals surface area (Å²) in [6, 6.07) is 15.4. The number of amides is 1. The molecule has 1 aliphatic rings. The molecular formula is C25H28FN3O3. The van der Waals surface area contributed by atoms with Crippen LogP contribution in [0.15, 0.2) is 60.8 Å². The lowest BCUT2D eigenvalue weighted by molar-refractivity contribution is 0.0784. The molecule has 1 N–H and O–H groups in total. The number of aromatic nitrogens is 2. The summed E-state index contributed by atoms with van der Waals surface area (Å²) in [5.74, 6) is 0.312. The number of hydrogen-bond acceptors (Lipinski definition) is 4. The maximum atomic E-state index is 13.3. The highest BCUT2D eigenvalue weighted by Gasteiger charge is 2.37. The number of rotatable bonds is 7. The van der Waals surface area contributed by atoms with Gasteiger partial charge in [0.05, 0.1) is 11.8 Å². The van der Waals surface area contributed by atoms with Gasteiger partial charge in [-0.05, 0) is 54.4 Å². The number of hydrogen-bond donors (Lipinski definition) is 1. The molecule has 1 fully saturated rings. The lowest BCUT2D eigenvalue weighted by atomic mass is 9.82. The number of benzene rings is 2. The Labute approximate surface area is 187 Å². The molecule has 6 nitrogen and oxygen atoms in total. The molecule has 1 aliphatic heterocycles. The van der Waals surface area contributed by atoms with E-state index in [9.17, 15) is 14.3 Å². The van der Waals surface area contributed by atoms with Gasteiger partial charge in [0.15, 0.2) is 0 Å². The first-order valence-corrected chi connectivity index (χ1v) is 10.8. The van der Waals surface area contributed by atoms with E-state index < -0.39 is 6.10 Å². The van der Waals surface area contributed by atoms with Crippen LogP contribution in [0, 0.1) is 5.82 Å². The molecular weight excluding hydrogens is 409 g/mol. The van der Waals surface area contributed by atoms with Crippen LogP contribution < -0.4 is 4.74 Å². The fourth-order valence-electron chi connectivity index (χ4n) is 4.16. The Morgan fingerprint density at radius 1 is 1.19 bits per heavy atom. The molecule has 1 unspecified atom stereocenters. The maximum absolute atomic E-state index is 13.3. The van der Waals surface area contributed by atoms with E-state index in [4.69, 9.17) is 4.74 Å². The minimum absolute atomic E-state index is 0.0300. The second kappa shape index (κ2) is 9.12. The summed E-state index contributed by atoms with van der Waals surface area (Å²) in [5.41, 5.74) is 2.26. The summed E-state index contributed by atoms with van der Waals surface area (Å²) in [5, 5.41) is 14.4. The smallest absolute Gasteiger partial charge is 0.253 e. The van der Waals surface area contributed by atoms with Gasteiger partial charge in [0, 0.05) is 43.7 Å². The first-order valence-electron chi connectivity index (χ1n) is 10.8. The summed E-state index contributed by atoms with van der Waals surface area (Å²) in [7, 11) is 1.83. The van der Waals surface area contributed by atoms with Gasteiger partial charge in [0.1, 0.15) is 18.2 Å². The van der Waals surface area contributed by atoms with Gasteiger partial charge in [-0.1, -0.05) is 19.1 Å². The first kappa shape index (κ1) is 22.0. The molecule has 3 aromatic rings. The highest BCUT2D eigenvalue weighted by Crippen LogP contribution is 2.35. The van der Waals surface area contributed by atoms with Gasteiger partial charge in [-0.15, -0.1) is 0 Å². The average Bonchev–Trinajstić information content (AvgIpc) is 3.38. The van der Waals surface area contributed by atoms with Crippen molar-refractivity contribution < 1.29 is 19.0 Å². The summed E-state index contributed by atoms with van der Waals surface area (Å²) < 4.78 is 20.6. The Morgan fingerprint density at radius 2 is 1.91 bits per heavy atom. The SMILES string of the molecule is Cn1ccc(CC(O)COc2ccc(C(=O)N3CC[C@](C)(c4ccc(F)cc4)C3)cc2)n1. The topological polar surface area (TPSA) is 67.6 Å². The number of aliphatic hydroxyl groups excluding tert-OH is 1. The number of aliphatic hydroxyl groups is 1. The van der Waals surface area contributed by atoms with Gasteiger partial charge < -0.3 is 14.7 Å². The Kier molecular flexibility index (Phi) is 6.28. The monoisotopic (exact) mass is 437 g/mol. The van der Waals surface area contributed by atoms with Crippen molar-refractivity contribution in [2.75, 3.05) is 19.7 Å². The molecule has 7 heteroatoms. The van der Waals surface area contributed by atoms with Gasteiger partial charge >= 0.3 is 0 Å². The standard InChI is InChI=1S/C25H28FN3O3/c1-25(19-5-7-20(26)8-6-19)12-14-29(17-25)24(31)18-3-9-23(10-4-18)32-16-22(30)15-21-11-13-28(2)27-21/h3-11,13,22,30H,12,14-17H2,1-2H3/t22?,25-/m0/s1. The summed E-state index contributed by atoms with van der Waals surface area (Å²) in [4.78, 5) is 14.8. The van der Waals surface area contributed by atoms with E-state index in [1.54, 1.807) is 41.1 Å². The highest BCUT2D eigenvalue weighted by molar-refractivity contribution is 5.94. The lowest BCUT2D eigenvalue weighted by Gasteiger charge is -2.25. The lowest BCUT2D eigenvalue weighted by Crippen LogP contribution is -2.32. The van der Waals surface area contributed by atoms with Crippen molar-refractivity contribution in [3.63, 3.8) is 0 Å². The third-order valence-electron chi connectivity index (χ3n) is 6.06. The van der Waals surface area contributed by atoms with E-state index in [1.807, 2.05) is 24.2 Å². The van der Waals surface area contributed by atoms with E-state index in [1.165, 1.54) is 12.1 Å². The van der Waals surface area contributed by atoms with Crippen LogP contribution in [0.5, 0.6) is 5.75 Å². The number of nitrogens with zero attached hydrogens (tertiary/aromatic N) is 3. The number of carbonyl (C=O) groups is 1. The molecule has 0 bridgehead atoms. The Bertz CT molecular complexity index is 1060. The van der Waals surface area contributed by atoms with Crippen LogP contribution >= 0.6 is 0 Å². The first-order chi connectivity index (χ1) is 15.3. The van der Waals surface area contributed by atoms with Crippen LogP contribution in [0.4, 0.5) is 4.39 Å². The third-order valence-corrected chi connectivity index (χ3v) is 6.06. The predicted molar refractivity (Wildman–Crippen MR) is 119 cm³/mol. The zero-order chi connectivity index (χ0) is 22.7. The molecule has 0 spiro atoms. The number of aryl methyl sites for hydroxylation is 1. The normalized spacial score (nSPS) is 19.2. The fourth-order valence-corrected chi connectivity index (χ4v) is 4.16. The van der Waals surface area contributed by atoms with Gasteiger partial charge in [0.2, 0.25) is 0 Å². The maximum Gasteiger partial charge on any atom is 0.253 e. The third kappa shape index (κ3) is 4.99. The van der Waals surface area contributed by atoms with Crippen molar-refractivity contribution in [2.24, 2.45) is 7.05 Å². The number of halogens is 1. The Balaban J connectivity index is 1.31. The van der Waals surface area contributed by atoms with Crippen molar-refractivity contribution in [1.82, 2.24) is 14.7 Å². The number of likely N-dealkylation sites (tertiary alicyclic amines) is 1. The fraction of sp³-hybridized carbons (Fsp3) is 0.360. The summed E-state index contributed by atoms with van der Waals surface area (Å²) in [6.45, 7) is 3.51. The van der Waals surface area contributed by atoms with Crippen LogP contribution in [0.2, 0.25) is 0 Å². The van der Waals surface area contributed by atoms with E-state index >= 15 is 0 Å². The molecule has 0 aliphatic carbocycles. The molecule has 0 saturated carbocycles. The van der Waals surface area contributed by atoms with Crippen LogP contribution in [0.1, 0.15) is 35.0 Å². The second-order valence-corrected chi connectivity index (χ2v) is 8.72. The molecule has 1 saturated heterocycles. The zero-order valence-electron chi connectivity index (χ0n) is 18.4. The van der Waals surface area contributed by atoms with Crippen LogP contribution in [-0.4, -0.2) is 51.5 Å². The van der Waals surface area contributed by atoms with Crippen molar-refractivity contribution in [3.8, 4) is 5.75 Å². The molecule has 4 rings (SSSR count). The highest BCUT2D eigenvalue weighted by atomic mass is 19.1. The molecule has 2 aromatic carbocycles. The van der Waals surface area contributed by atoms with Crippen molar-refractivity contribution in [3.05, 3.63) is 83.4 Å². The zero-order valence-corrected chi connectivity index (χ0v) is 18.4. The average molecular weight is 438 g/mol. The van der Waals surface area contributed by atoms with E-state index in [2.05, 4.69) is 12.0 Å².